The minimum atomic E-state index is 0.577. The molecule has 0 saturated carbocycles. The molecule has 0 aliphatic carbocycles. The minimum Gasteiger partial charge on any atom is -0.380 e. The summed E-state index contributed by atoms with van der Waals surface area (Å²) < 4.78 is 5.34. The van der Waals surface area contributed by atoms with Crippen LogP contribution in [0.25, 0.3) is 0 Å². The normalized spacial score (nSPS) is 11.1. The van der Waals surface area contributed by atoms with Crippen molar-refractivity contribution >= 4 is 0 Å². The van der Waals surface area contributed by atoms with Crippen LogP contribution in [-0.4, -0.2) is 26.4 Å². The van der Waals surface area contributed by atoms with Gasteiger partial charge in [-0.25, -0.2) is 5.48 Å². The van der Waals surface area contributed by atoms with Gasteiger partial charge in [-0.1, -0.05) is 27.2 Å². The molecule has 0 fully saturated rings. The molecule has 0 radical (unpaired) electrons. The first-order chi connectivity index (χ1) is 6.27. The molecule has 1 N–H and O–H groups in total. The predicted octanol–water partition coefficient (Wildman–Crippen LogP) is 1.98. The molecule has 0 heterocycles. The largest absolute Gasteiger partial charge is 0.380 e. The molecule has 3 heteroatoms. The maximum Gasteiger partial charge on any atom is 0.0705 e. The van der Waals surface area contributed by atoms with E-state index in [0.717, 1.165) is 32.8 Å². The van der Waals surface area contributed by atoms with Crippen molar-refractivity contribution in [3.05, 3.63) is 0 Å². The van der Waals surface area contributed by atoms with E-state index in [0.29, 0.717) is 5.92 Å². The molecule has 0 atom stereocenters. The highest BCUT2D eigenvalue weighted by atomic mass is 16.6. The van der Waals surface area contributed by atoms with Crippen LogP contribution in [0.4, 0.5) is 0 Å². The lowest BCUT2D eigenvalue weighted by molar-refractivity contribution is 0.00666. The summed E-state index contributed by atoms with van der Waals surface area (Å²) >= 11 is 0. The van der Waals surface area contributed by atoms with Gasteiger partial charge < -0.3 is 9.57 Å². The fourth-order valence-electron chi connectivity index (χ4n) is 0.760. The third kappa shape index (κ3) is 11.9. The smallest absolute Gasteiger partial charge is 0.0705 e. The fourth-order valence-corrected chi connectivity index (χ4v) is 0.760. The van der Waals surface area contributed by atoms with E-state index in [1.165, 1.54) is 6.42 Å². The molecule has 0 aromatic rings. The van der Waals surface area contributed by atoms with E-state index in [1.54, 1.807) is 0 Å². The molecule has 0 aromatic carbocycles. The number of hydroxylamine groups is 1. The number of nitrogens with one attached hydrogen (secondary N) is 1. The van der Waals surface area contributed by atoms with Crippen LogP contribution in [0.3, 0.4) is 0 Å². The van der Waals surface area contributed by atoms with Gasteiger partial charge >= 0.3 is 0 Å². The molecule has 0 aromatic heterocycles. The summed E-state index contributed by atoms with van der Waals surface area (Å²) in [5.74, 6) is 0.577. The lowest BCUT2D eigenvalue weighted by Crippen LogP contribution is -2.22. The summed E-state index contributed by atoms with van der Waals surface area (Å²) in [6.07, 6.45) is 2.34. The number of unbranched alkanes of at least 4 members (excludes halogenated alkanes) is 1. The van der Waals surface area contributed by atoms with Crippen molar-refractivity contribution in [1.82, 2.24) is 5.48 Å². The van der Waals surface area contributed by atoms with Gasteiger partial charge in [-0.05, 0) is 12.3 Å². The van der Waals surface area contributed by atoms with E-state index >= 15 is 0 Å². The first-order valence-electron chi connectivity index (χ1n) is 5.19. The Balaban J connectivity index is 2.84. The van der Waals surface area contributed by atoms with E-state index < -0.39 is 0 Å². The van der Waals surface area contributed by atoms with E-state index in [4.69, 9.17) is 9.57 Å². The molecular formula is C10H23NO2. The number of hydrogen-bond donors (Lipinski definition) is 1. The Labute approximate surface area is 81.8 Å². The Bertz CT molecular complexity index is 96.9. The van der Waals surface area contributed by atoms with E-state index in [1.807, 2.05) is 0 Å². The Hall–Kier alpha value is -0.120. The first kappa shape index (κ1) is 12.9. The highest BCUT2D eigenvalue weighted by molar-refractivity contribution is 4.39. The molecule has 0 bridgehead atoms. The van der Waals surface area contributed by atoms with Gasteiger partial charge in [-0.2, -0.15) is 0 Å². The molecule has 0 spiro atoms. The highest BCUT2D eigenvalue weighted by Crippen LogP contribution is 1.89. The second-order valence-corrected chi connectivity index (χ2v) is 3.57. The van der Waals surface area contributed by atoms with Crippen LogP contribution in [-0.2, 0) is 9.57 Å². The topological polar surface area (TPSA) is 30.5 Å². The Morgan fingerprint density at radius 2 is 2.00 bits per heavy atom. The standard InChI is InChI=1S/C10H23NO2/c1-4-5-7-12-8-6-11-13-9-10(2)3/h10-11H,4-9H2,1-3H3. The molecule has 0 aliphatic heterocycles. The zero-order valence-electron chi connectivity index (χ0n) is 9.14. The second kappa shape index (κ2) is 9.96. The first-order valence-corrected chi connectivity index (χ1v) is 5.19. The van der Waals surface area contributed by atoms with E-state index in [9.17, 15) is 0 Å². The zero-order valence-corrected chi connectivity index (χ0v) is 9.14. The van der Waals surface area contributed by atoms with Crippen molar-refractivity contribution in [2.75, 3.05) is 26.4 Å². The summed E-state index contributed by atoms with van der Waals surface area (Å²) in [4.78, 5) is 5.17. The second-order valence-electron chi connectivity index (χ2n) is 3.57. The average molecular weight is 189 g/mol. The summed E-state index contributed by atoms with van der Waals surface area (Å²) in [6, 6.07) is 0. The van der Waals surface area contributed by atoms with Crippen LogP contribution >= 0.6 is 0 Å². The molecule has 0 amide bonds. The molecule has 13 heavy (non-hydrogen) atoms. The van der Waals surface area contributed by atoms with Crippen molar-refractivity contribution in [3.63, 3.8) is 0 Å². The fraction of sp³-hybridized carbons (Fsp3) is 1.00. The van der Waals surface area contributed by atoms with Gasteiger partial charge in [0, 0.05) is 13.2 Å². The summed E-state index contributed by atoms with van der Waals surface area (Å²) in [6.45, 7) is 9.54. The van der Waals surface area contributed by atoms with Crippen LogP contribution in [0, 0.1) is 5.92 Å². The zero-order chi connectivity index (χ0) is 9.94. The monoisotopic (exact) mass is 189 g/mol. The van der Waals surface area contributed by atoms with Crippen molar-refractivity contribution in [1.29, 1.82) is 0 Å². The highest BCUT2D eigenvalue weighted by Gasteiger charge is 1.92. The van der Waals surface area contributed by atoms with Crippen LogP contribution in [0.15, 0.2) is 0 Å². The summed E-state index contributed by atoms with van der Waals surface area (Å²) in [5.41, 5.74) is 2.87. The minimum absolute atomic E-state index is 0.577. The van der Waals surface area contributed by atoms with E-state index in [2.05, 4.69) is 26.3 Å². The molecule has 3 nitrogen and oxygen atoms in total. The average Bonchev–Trinajstić information content (AvgIpc) is 2.09. The lowest BCUT2D eigenvalue weighted by Gasteiger charge is -2.07. The van der Waals surface area contributed by atoms with Gasteiger partial charge in [-0.15, -0.1) is 0 Å². The van der Waals surface area contributed by atoms with Gasteiger partial charge in [-0.3, -0.25) is 0 Å². The summed E-state index contributed by atoms with van der Waals surface area (Å²) in [7, 11) is 0. The van der Waals surface area contributed by atoms with Crippen LogP contribution in [0.1, 0.15) is 33.6 Å². The molecule has 0 unspecified atom stereocenters. The van der Waals surface area contributed by atoms with Gasteiger partial charge in [0.25, 0.3) is 0 Å². The molecular weight excluding hydrogens is 166 g/mol. The Kier molecular flexibility index (Phi) is 9.87. The van der Waals surface area contributed by atoms with Crippen molar-refractivity contribution in [3.8, 4) is 0 Å². The van der Waals surface area contributed by atoms with Gasteiger partial charge in [0.2, 0.25) is 0 Å². The van der Waals surface area contributed by atoms with Crippen LogP contribution in [0.2, 0.25) is 0 Å². The van der Waals surface area contributed by atoms with Crippen LogP contribution < -0.4 is 5.48 Å². The molecule has 80 valence electrons. The maximum absolute atomic E-state index is 5.34. The molecule has 0 aliphatic rings. The number of rotatable bonds is 9. The van der Waals surface area contributed by atoms with Crippen molar-refractivity contribution in [2.24, 2.45) is 5.92 Å². The third-order valence-electron chi connectivity index (χ3n) is 1.51. The number of hydrogen-bond acceptors (Lipinski definition) is 3. The van der Waals surface area contributed by atoms with E-state index in [-0.39, 0.29) is 0 Å². The predicted molar refractivity (Wildman–Crippen MR) is 54.5 cm³/mol. The van der Waals surface area contributed by atoms with Gasteiger partial charge in [0.05, 0.1) is 13.2 Å². The molecule has 0 rings (SSSR count). The third-order valence-corrected chi connectivity index (χ3v) is 1.51. The van der Waals surface area contributed by atoms with Gasteiger partial charge in [0.1, 0.15) is 0 Å². The Morgan fingerprint density at radius 1 is 1.23 bits per heavy atom. The van der Waals surface area contributed by atoms with Crippen molar-refractivity contribution < 1.29 is 9.57 Å². The van der Waals surface area contributed by atoms with Crippen LogP contribution in [0.5, 0.6) is 0 Å². The lowest BCUT2D eigenvalue weighted by atomic mass is 10.2. The Morgan fingerprint density at radius 3 is 2.62 bits per heavy atom. The maximum atomic E-state index is 5.34. The SMILES string of the molecule is CCCCOCCNOCC(C)C. The van der Waals surface area contributed by atoms with Crippen molar-refractivity contribution in [2.45, 2.75) is 33.6 Å². The number of ether oxygens (including phenoxy) is 1. The quantitative estimate of drug-likeness (QED) is 0.444. The molecule has 0 saturated heterocycles. The van der Waals surface area contributed by atoms with Gasteiger partial charge in [0.15, 0.2) is 0 Å². The summed E-state index contributed by atoms with van der Waals surface area (Å²) in [5, 5.41) is 0.